The molecular formula is C22H24F2O6S2. The lowest BCUT2D eigenvalue weighted by molar-refractivity contribution is 0.0230. The number of hydrogen-bond acceptors (Lipinski definition) is 8. The second-order valence-corrected chi connectivity index (χ2v) is 9.27. The Balaban J connectivity index is 2.24. The van der Waals surface area contributed by atoms with Crippen molar-refractivity contribution in [2.45, 2.75) is 52.7 Å². The molecule has 0 atom stereocenters. The maximum atomic E-state index is 14.4. The van der Waals surface area contributed by atoms with E-state index in [0.717, 1.165) is 11.3 Å². The van der Waals surface area contributed by atoms with Crippen LogP contribution in [-0.2, 0) is 15.4 Å². The van der Waals surface area contributed by atoms with Gasteiger partial charge in [-0.05, 0) is 46.4 Å². The van der Waals surface area contributed by atoms with Crippen LogP contribution in [0.2, 0.25) is 0 Å². The smallest absolute Gasteiger partial charge is 0.372 e. The number of rotatable bonds is 8. The molecule has 0 fully saturated rings. The topological polar surface area (TPSA) is 78.9 Å². The van der Waals surface area contributed by atoms with E-state index in [1.165, 1.54) is 31.2 Å². The van der Waals surface area contributed by atoms with Gasteiger partial charge in [-0.1, -0.05) is 30.3 Å². The standard InChI is InChI=1S/C22H24F2O6S2/c1-12(2)28-19(25)17-14(5)16(18(32-17)20(26)29-13(3)4)30-21(27)31-11-22(23,24)15-9-7-6-8-10-15/h6-10,12-13H,11H2,1-5H3. The Morgan fingerprint density at radius 3 is 2.03 bits per heavy atom. The van der Waals surface area contributed by atoms with Crippen LogP contribution in [0.25, 0.3) is 0 Å². The van der Waals surface area contributed by atoms with Crippen LogP contribution in [0, 0.1) is 6.92 Å². The summed E-state index contributed by atoms with van der Waals surface area (Å²) in [6.45, 7) is 8.09. The van der Waals surface area contributed by atoms with Gasteiger partial charge in [0.15, 0.2) is 10.6 Å². The molecule has 2 aromatic rings. The van der Waals surface area contributed by atoms with Gasteiger partial charge in [-0.2, -0.15) is 0 Å². The van der Waals surface area contributed by atoms with Gasteiger partial charge in [0.1, 0.15) is 4.88 Å². The molecule has 1 heterocycles. The highest BCUT2D eigenvalue weighted by molar-refractivity contribution is 8.13. The average Bonchev–Trinajstić information content (AvgIpc) is 3.03. The monoisotopic (exact) mass is 486 g/mol. The molecular weight excluding hydrogens is 462 g/mol. The van der Waals surface area contributed by atoms with Crippen molar-refractivity contribution in [2.75, 3.05) is 5.75 Å². The highest BCUT2D eigenvalue weighted by atomic mass is 32.2. The Labute approximate surface area is 193 Å². The summed E-state index contributed by atoms with van der Waals surface area (Å²) in [4.78, 5) is 37.2. The number of thiophene rings is 1. The Hall–Kier alpha value is -2.46. The Morgan fingerprint density at radius 1 is 0.969 bits per heavy atom. The van der Waals surface area contributed by atoms with Gasteiger partial charge in [-0.15, -0.1) is 11.3 Å². The number of carbonyl (C=O) groups excluding carboxylic acids is 3. The molecule has 6 nitrogen and oxygen atoms in total. The molecule has 0 N–H and O–H groups in total. The number of esters is 2. The maximum absolute atomic E-state index is 14.4. The molecule has 0 radical (unpaired) electrons. The van der Waals surface area contributed by atoms with Gasteiger partial charge in [-0.25, -0.2) is 23.2 Å². The molecule has 0 aliphatic rings. The molecule has 174 valence electrons. The van der Waals surface area contributed by atoms with Crippen LogP contribution < -0.4 is 4.74 Å². The van der Waals surface area contributed by atoms with E-state index in [1.54, 1.807) is 33.8 Å². The molecule has 0 aliphatic heterocycles. The SMILES string of the molecule is Cc1c(C(=O)OC(C)C)sc(C(=O)OC(C)C)c1OC(=O)SCC(F)(F)c1ccccc1. The van der Waals surface area contributed by atoms with Gasteiger partial charge in [0, 0.05) is 11.1 Å². The first-order valence-corrected chi connectivity index (χ1v) is 11.6. The van der Waals surface area contributed by atoms with Crippen LogP contribution >= 0.6 is 23.1 Å². The molecule has 1 aromatic heterocycles. The van der Waals surface area contributed by atoms with Gasteiger partial charge >= 0.3 is 17.2 Å². The zero-order valence-electron chi connectivity index (χ0n) is 18.3. The average molecular weight is 487 g/mol. The van der Waals surface area contributed by atoms with Crippen LogP contribution in [-0.4, -0.2) is 35.2 Å². The highest BCUT2D eigenvalue weighted by Gasteiger charge is 2.34. The summed E-state index contributed by atoms with van der Waals surface area (Å²) >= 11 is 1.03. The van der Waals surface area contributed by atoms with Gasteiger partial charge in [0.25, 0.3) is 5.92 Å². The van der Waals surface area contributed by atoms with Crippen molar-refractivity contribution >= 4 is 40.3 Å². The van der Waals surface area contributed by atoms with Gasteiger partial charge < -0.3 is 14.2 Å². The molecule has 0 amide bonds. The van der Waals surface area contributed by atoms with E-state index in [2.05, 4.69) is 0 Å². The lowest BCUT2D eigenvalue weighted by Crippen LogP contribution is -2.19. The number of thioether (sulfide) groups is 1. The van der Waals surface area contributed by atoms with E-state index in [0.29, 0.717) is 0 Å². The number of alkyl halides is 2. The Kier molecular flexibility index (Phi) is 8.80. The minimum Gasteiger partial charge on any atom is -0.459 e. The third-order valence-electron chi connectivity index (χ3n) is 3.90. The molecule has 1 aromatic carbocycles. The number of carbonyl (C=O) groups is 3. The molecule has 0 saturated heterocycles. The first-order chi connectivity index (χ1) is 14.9. The third kappa shape index (κ3) is 6.77. The van der Waals surface area contributed by atoms with Crippen molar-refractivity contribution in [1.29, 1.82) is 0 Å². The second kappa shape index (κ2) is 10.9. The lowest BCUT2D eigenvalue weighted by atomic mass is 10.1. The van der Waals surface area contributed by atoms with E-state index < -0.39 is 41.1 Å². The summed E-state index contributed by atoms with van der Waals surface area (Å²) in [6.07, 6.45) is -0.865. The second-order valence-electron chi connectivity index (χ2n) is 7.33. The van der Waals surface area contributed by atoms with E-state index in [1.807, 2.05) is 0 Å². The van der Waals surface area contributed by atoms with E-state index in [-0.39, 0.29) is 38.4 Å². The fraction of sp³-hybridized carbons (Fsp3) is 0.409. The molecule has 32 heavy (non-hydrogen) atoms. The summed E-state index contributed by atoms with van der Waals surface area (Å²) < 4.78 is 44.3. The maximum Gasteiger partial charge on any atom is 0.372 e. The van der Waals surface area contributed by atoms with Crippen molar-refractivity contribution < 1.29 is 37.4 Å². The van der Waals surface area contributed by atoms with Gasteiger partial charge in [0.2, 0.25) is 0 Å². The molecule has 2 rings (SSSR count). The predicted octanol–water partition coefficient (Wildman–Crippen LogP) is 6.21. The third-order valence-corrected chi connectivity index (χ3v) is 5.96. The zero-order valence-corrected chi connectivity index (χ0v) is 19.9. The predicted molar refractivity (Wildman–Crippen MR) is 119 cm³/mol. The van der Waals surface area contributed by atoms with Crippen LogP contribution in [0.15, 0.2) is 30.3 Å². The first-order valence-electron chi connectivity index (χ1n) is 9.75. The van der Waals surface area contributed by atoms with Crippen LogP contribution in [0.4, 0.5) is 13.6 Å². The van der Waals surface area contributed by atoms with Gasteiger partial charge in [0.05, 0.1) is 18.0 Å². The minimum absolute atomic E-state index is 0.0665. The number of hydrogen-bond donors (Lipinski definition) is 0. The van der Waals surface area contributed by atoms with E-state index in [4.69, 9.17) is 14.2 Å². The Morgan fingerprint density at radius 2 is 1.50 bits per heavy atom. The van der Waals surface area contributed by atoms with Crippen molar-refractivity contribution in [3.05, 3.63) is 51.2 Å². The minimum atomic E-state index is -3.26. The van der Waals surface area contributed by atoms with Gasteiger partial charge in [-0.3, -0.25) is 0 Å². The molecule has 0 aliphatic carbocycles. The summed E-state index contributed by atoms with van der Waals surface area (Å²) in [5.74, 6) is -5.80. The zero-order chi connectivity index (χ0) is 24.1. The normalized spacial score (nSPS) is 11.5. The fourth-order valence-electron chi connectivity index (χ4n) is 2.51. The van der Waals surface area contributed by atoms with Crippen molar-refractivity contribution in [1.82, 2.24) is 0 Å². The molecule has 0 unspecified atom stereocenters. The van der Waals surface area contributed by atoms with Crippen LogP contribution in [0.1, 0.15) is 58.2 Å². The van der Waals surface area contributed by atoms with Crippen LogP contribution in [0.3, 0.4) is 0 Å². The van der Waals surface area contributed by atoms with Crippen LogP contribution in [0.5, 0.6) is 5.75 Å². The first kappa shape index (κ1) is 25.8. The summed E-state index contributed by atoms with van der Waals surface area (Å²) in [7, 11) is 0. The van der Waals surface area contributed by atoms with Crippen molar-refractivity contribution in [3.63, 3.8) is 0 Å². The quantitative estimate of drug-likeness (QED) is 0.410. The molecule has 0 bridgehead atoms. The van der Waals surface area contributed by atoms with E-state index in [9.17, 15) is 23.2 Å². The summed E-state index contributed by atoms with van der Waals surface area (Å²) in [6, 6.07) is 7.10. The lowest BCUT2D eigenvalue weighted by Gasteiger charge is -2.15. The van der Waals surface area contributed by atoms with E-state index >= 15 is 0 Å². The number of ether oxygens (including phenoxy) is 3. The number of benzene rings is 1. The molecule has 10 heteroatoms. The fourth-order valence-corrected chi connectivity index (χ4v) is 4.12. The molecule has 0 saturated carbocycles. The summed E-state index contributed by atoms with van der Waals surface area (Å²) in [5, 5.41) is -1.04. The highest BCUT2D eigenvalue weighted by Crippen LogP contribution is 2.38. The van der Waals surface area contributed by atoms with Crippen molar-refractivity contribution in [3.8, 4) is 5.75 Å². The number of halogens is 2. The largest absolute Gasteiger partial charge is 0.459 e. The Bertz CT molecular complexity index is 970. The summed E-state index contributed by atoms with van der Waals surface area (Å²) in [5.41, 5.74) is -0.0351. The molecule has 0 spiro atoms. The van der Waals surface area contributed by atoms with Crippen molar-refractivity contribution in [2.24, 2.45) is 0 Å².